The first-order valence-corrected chi connectivity index (χ1v) is 8.82. The van der Waals surface area contributed by atoms with Gasteiger partial charge in [0.15, 0.2) is 11.7 Å². The maximum atomic E-state index is 6.09. The Morgan fingerprint density at radius 2 is 2.00 bits per heavy atom. The summed E-state index contributed by atoms with van der Waals surface area (Å²) in [5, 5.41) is 3.17. The van der Waals surface area contributed by atoms with Gasteiger partial charge in [-0.3, -0.25) is 4.99 Å². The minimum absolute atomic E-state index is 0.126. The molecule has 1 aromatic rings. The second-order valence-electron chi connectivity index (χ2n) is 7.69. The molecule has 2 aliphatic heterocycles. The number of aryl methyl sites for hydroxylation is 2. The van der Waals surface area contributed by atoms with Crippen molar-refractivity contribution < 1.29 is 14.2 Å². The number of anilines is 1. The third-order valence-corrected chi connectivity index (χ3v) is 5.27. The van der Waals surface area contributed by atoms with E-state index in [1.807, 2.05) is 6.07 Å². The van der Waals surface area contributed by atoms with E-state index >= 15 is 0 Å². The van der Waals surface area contributed by atoms with Crippen LogP contribution in [0.1, 0.15) is 25.0 Å². The number of nitrogens with two attached hydrogens (primary N) is 1. The van der Waals surface area contributed by atoms with Crippen LogP contribution in [0.3, 0.4) is 0 Å². The van der Waals surface area contributed by atoms with Crippen molar-refractivity contribution in [2.45, 2.75) is 33.5 Å². The number of guanidine groups is 1. The van der Waals surface area contributed by atoms with E-state index in [0.717, 1.165) is 5.69 Å². The molecule has 2 saturated heterocycles. The van der Waals surface area contributed by atoms with Crippen LogP contribution >= 0.6 is 0 Å². The van der Waals surface area contributed by atoms with E-state index in [2.05, 4.69) is 50.1 Å². The van der Waals surface area contributed by atoms with Gasteiger partial charge < -0.3 is 25.3 Å². The first kappa shape index (κ1) is 18.2. The van der Waals surface area contributed by atoms with E-state index in [4.69, 9.17) is 19.9 Å². The number of ether oxygens (including phenoxy) is 3. The lowest BCUT2D eigenvalue weighted by molar-refractivity contribution is -0.196. The zero-order valence-corrected chi connectivity index (χ0v) is 15.6. The quantitative estimate of drug-likeness (QED) is 0.646. The monoisotopic (exact) mass is 347 g/mol. The molecule has 0 saturated carbocycles. The minimum Gasteiger partial charge on any atom is -0.375 e. The van der Waals surface area contributed by atoms with Gasteiger partial charge in [-0.1, -0.05) is 19.9 Å². The lowest BCUT2D eigenvalue weighted by Crippen LogP contribution is -2.47. The highest BCUT2D eigenvalue weighted by Gasteiger charge is 2.55. The smallest absolute Gasteiger partial charge is 0.197 e. The minimum atomic E-state index is -0.616. The molecule has 0 radical (unpaired) electrons. The molecular formula is C19H29N3O3. The van der Waals surface area contributed by atoms with Crippen LogP contribution in [0.4, 0.5) is 5.69 Å². The molecular weight excluding hydrogens is 318 g/mol. The summed E-state index contributed by atoms with van der Waals surface area (Å²) in [5.74, 6) is -0.0758. The van der Waals surface area contributed by atoms with Crippen LogP contribution in [0.5, 0.6) is 0 Å². The van der Waals surface area contributed by atoms with Crippen molar-refractivity contribution in [1.82, 2.24) is 0 Å². The third kappa shape index (κ3) is 3.81. The van der Waals surface area contributed by atoms with E-state index in [0.29, 0.717) is 38.9 Å². The van der Waals surface area contributed by atoms with Crippen LogP contribution < -0.4 is 11.1 Å². The summed E-state index contributed by atoms with van der Waals surface area (Å²) in [6, 6.07) is 6.15. The SMILES string of the molecule is Cc1ccc(NC(N)=NCC(C)(C)C2COCC23OCCO3)cc1C. The van der Waals surface area contributed by atoms with Gasteiger partial charge in [-0.05, 0) is 42.5 Å². The Morgan fingerprint density at radius 3 is 2.68 bits per heavy atom. The van der Waals surface area contributed by atoms with Crippen molar-refractivity contribution >= 4 is 11.6 Å². The van der Waals surface area contributed by atoms with E-state index in [-0.39, 0.29) is 11.3 Å². The zero-order chi connectivity index (χ0) is 18.1. The predicted molar refractivity (Wildman–Crippen MR) is 98.8 cm³/mol. The molecule has 138 valence electrons. The van der Waals surface area contributed by atoms with Crippen molar-refractivity contribution in [3.8, 4) is 0 Å². The van der Waals surface area contributed by atoms with E-state index in [1.54, 1.807) is 0 Å². The van der Waals surface area contributed by atoms with Crippen LogP contribution in [0.2, 0.25) is 0 Å². The van der Waals surface area contributed by atoms with Gasteiger partial charge in [0.05, 0.1) is 19.8 Å². The molecule has 0 aromatic heterocycles. The summed E-state index contributed by atoms with van der Waals surface area (Å²) in [6.45, 7) is 11.4. The molecule has 1 spiro atoms. The molecule has 3 rings (SSSR count). The summed E-state index contributed by atoms with van der Waals surface area (Å²) >= 11 is 0. The summed E-state index contributed by atoms with van der Waals surface area (Å²) in [4.78, 5) is 4.56. The summed E-state index contributed by atoms with van der Waals surface area (Å²) < 4.78 is 17.4. The number of rotatable bonds is 4. The fourth-order valence-corrected chi connectivity index (χ4v) is 3.53. The molecule has 6 heteroatoms. The van der Waals surface area contributed by atoms with Crippen LogP contribution in [0.25, 0.3) is 0 Å². The van der Waals surface area contributed by atoms with Crippen LogP contribution in [0, 0.1) is 25.2 Å². The van der Waals surface area contributed by atoms with E-state index in [1.165, 1.54) is 11.1 Å². The molecule has 1 unspecified atom stereocenters. The number of aliphatic imine (C=N–C) groups is 1. The molecule has 0 amide bonds. The molecule has 6 nitrogen and oxygen atoms in total. The number of nitrogens with one attached hydrogen (secondary N) is 1. The topological polar surface area (TPSA) is 78.1 Å². The molecule has 0 aliphatic carbocycles. The van der Waals surface area contributed by atoms with Crippen LogP contribution in [0.15, 0.2) is 23.2 Å². The molecule has 2 heterocycles. The average Bonchev–Trinajstić information content (AvgIpc) is 3.20. The first-order valence-electron chi connectivity index (χ1n) is 8.82. The highest BCUT2D eigenvalue weighted by Crippen LogP contribution is 2.44. The molecule has 1 atom stereocenters. The molecule has 25 heavy (non-hydrogen) atoms. The summed E-state index contributed by atoms with van der Waals surface area (Å²) in [5.41, 5.74) is 9.36. The molecule has 2 fully saturated rings. The lowest BCUT2D eigenvalue weighted by Gasteiger charge is -2.37. The van der Waals surface area contributed by atoms with Gasteiger partial charge in [0.1, 0.15) is 6.61 Å². The van der Waals surface area contributed by atoms with Gasteiger partial charge in [0.2, 0.25) is 0 Å². The van der Waals surface area contributed by atoms with Gasteiger partial charge in [-0.2, -0.15) is 0 Å². The Bertz CT molecular complexity index is 646. The van der Waals surface area contributed by atoms with Crippen molar-refractivity contribution in [3.05, 3.63) is 29.3 Å². The Morgan fingerprint density at radius 1 is 1.28 bits per heavy atom. The third-order valence-electron chi connectivity index (χ3n) is 5.27. The highest BCUT2D eigenvalue weighted by atomic mass is 16.8. The largest absolute Gasteiger partial charge is 0.375 e. The Labute approximate surface area is 149 Å². The fraction of sp³-hybridized carbons (Fsp3) is 0.632. The molecule has 3 N–H and O–H groups in total. The van der Waals surface area contributed by atoms with Crippen molar-refractivity contribution in [2.24, 2.45) is 22.1 Å². The second-order valence-corrected chi connectivity index (χ2v) is 7.69. The number of benzene rings is 1. The van der Waals surface area contributed by atoms with Crippen LogP contribution in [-0.2, 0) is 14.2 Å². The van der Waals surface area contributed by atoms with Gasteiger partial charge in [0.25, 0.3) is 0 Å². The van der Waals surface area contributed by atoms with Gasteiger partial charge in [-0.25, -0.2) is 0 Å². The van der Waals surface area contributed by atoms with Crippen molar-refractivity contribution in [1.29, 1.82) is 0 Å². The second kappa shape index (κ2) is 6.94. The van der Waals surface area contributed by atoms with Crippen LogP contribution in [-0.4, -0.2) is 44.7 Å². The Kier molecular flexibility index (Phi) is 5.04. The van der Waals surface area contributed by atoms with E-state index < -0.39 is 5.79 Å². The predicted octanol–water partition coefficient (Wildman–Crippen LogP) is 2.45. The number of hydrogen-bond acceptors (Lipinski definition) is 4. The normalized spacial score (nSPS) is 23.4. The standard InChI is InChI=1S/C19H29N3O3/c1-13-5-6-15(9-14(13)2)22-17(20)21-11-18(3,4)16-10-23-12-19(16)24-7-8-25-19/h5-6,9,16H,7-8,10-12H2,1-4H3,(H3,20,21,22). The van der Waals surface area contributed by atoms with E-state index in [9.17, 15) is 0 Å². The maximum Gasteiger partial charge on any atom is 0.197 e. The van der Waals surface area contributed by atoms with Crippen molar-refractivity contribution in [2.75, 3.05) is 38.3 Å². The zero-order valence-electron chi connectivity index (χ0n) is 15.6. The summed E-state index contributed by atoms with van der Waals surface area (Å²) in [6.07, 6.45) is 0. The summed E-state index contributed by atoms with van der Waals surface area (Å²) in [7, 11) is 0. The maximum absolute atomic E-state index is 6.09. The Balaban J connectivity index is 1.65. The average molecular weight is 347 g/mol. The van der Waals surface area contributed by atoms with Gasteiger partial charge >= 0.3 is 0 Å². The fourth-order valence-electron chi connectivity index (χ4n) is 3.53. The first-order chi connectivity index (χ1) is 11.8. The number of nitrogens with zero attached hydrogens (tertiary/aromatic N) is 1. The highest BCUT2D eigenvalue weighted by molar-refractivity contribution is 5.92. The van der Waals surface area contributed by atoms with Gasteiger partial charge in [-0.15, -0.1) is 0 Å². The Hall–Kier alpha value is -1.63. The molecule has 0 bridgehead atoms. The lowest BCUT2D eigenvalue weighted by atomic mass is 9.75. The van der Waals surface area contributed by atoms with Crippen molar-refractivity contribution in [3.63, 3.8) is 0 Å². The van der Waals surface area contributed by atoms with Gasteiger partial charge in [0, 0.05) is 18.2 Å². The molecule has 2 aliphatic rings. The molecule has 1 aromatic carbocycles. The number of hydrogen-bond donors (Lipinski definition) is 2.